The van der Waals surface area contributed by atoms with Crippen molar-refractivity contribution in [1.29, 1.82) is 0 Å². The number of nitrogens with zero attached hydrogens (tertiary/aromatic N) is 5. The first-order chi connectivity index (χ1) is 20.8. The zero-order valence-electron chi connectivity index (χ0n) is 24.1. The lowest BCUT2D eigenvalue weighted by atomic mass is 10.1. The number of likely N-dealkylation sites (N-methyl/N-ethyl adjacent to an activating group) is 1. The molecule has 3 heterocycles. The van der Waals surface area contributed by atoms with Crippen LogP contribution in [0.15, 0.2) is 70.6 Å². The van der Waals surface area contributed by atoms with E-state index in [2.05, 4.69) is 21.8 Å². The molecule has 0 aliphatic carbocycles. The van der Waals surface area contributed by atoms with Gasteiger partial charge in [0.15, 0.2) is 0 Å². The summed E-state index contributed by atoms with van der Waals surface area (Å²) in [5.74, 6) is 0.338. The predicted molar refractivity (Wildman–Crippen MR) is 163 cm³/mol. The smallest absolute Gasteiger partial charge is 0.259 e. The van der Waals surface area contributed by atoms with Crippen LogP contribution < -0.4 is 10.3 Å². The molecular formula is C31H33FN6O4S. The summed E-state index contributed by atoms with van der Waals surface area (Å²) in [6.45, 7) is 7.97. The van der Waals surface area contributed by atoms with Crippen LogP contribution >= 0.6 is 0 Å². The van der Waals surface area contributed by atoms with Crippen LogP contribution in [0.2, 0.25) is 0 Å². The van der Waals surface area contributed by atoms with Crippen LogP contribution in [0.3, 0.4) is 0 Å². The SMILES string of the molecule is CCCOc1ccc(S(=O)(=O)N2CCN(CC)CC2)cc1-c1nc2cc3ncn(Cc4ccc(F)cc4)c3cc2c(=O)[nH]1. The third-order valence-electron chi connectivity index (χ3n) is 7.80. The molecule has 0 bridgehead atoms. The third kappa shape index (κ3) is 5.77. The average molecular weight is 605 g/mol. The van der Waals surface area contributed by atoms with Crippen LogP contribution in [0.25, 0.3) is 33.3 Å². The number of benzene rings is 3. The Labute approximate surface area is 248 Å². The van der Waals surface area contributed by atoms with E-state index in [1.54, 1.807) is 42.7 Å². The van der Waals surface area contributed by atoms with E-state index in [4.69, 9.17) is 9.72 Å². The molecule has 1 N–H and O–H groups in total. The molecule has 224 valence electrons. The number of H-pyrrole nitrogens is 1. The Morgan fingerprint density at radius 2 is 1.74 bits per heavy atom. The van der Waals surface area contributed by atoms with E-state index >= 15 is 0 Å². The van der Waals surface area contributed by atoms with Gasteiger partial charge in [-0.2, -0.15) is 4.31 Å². The normalized spacial score (nSPS) is 15.0. The second-order valence-electron chi connectivity index (χ2n) is 10.6. The Morgan fingerprint density at radius 1 is 0.977 bits per heavy atom. The summed E-state index contributed by atoms with van der Waals surface area (Å²) in [6, 6.07) is 14.4. The van der Waals surface area contributed by atoms with Gasteiger partial charge in [-0.3, -0.25) is 4.79 Å². The molecule has 2 aromatic heterocycles. The van der Waals surface area contributed by atoms with Gasteiger partial charge in [0.05, 0.1) is 45.3 Å². The first-order valence-corrected chi connectivity index (χ1v) is 15.8. The third-order valence-corrected chi connectivity index (χ3v) is 9.69. The van der Waals surface area contributed by atoms with Crippen molar-refractivity contribution in [3.05, 3.63) is 82.7 Å². The summed E-state index contributed by atoms with van der Waals surface area (Å²) in [7, 11) is -3.77. The minimum Gasteiger partial charge on any atom is -0.493 e. The lowest BCUT2D eigenvalue weighted by Crippen LogP contribution is -2.48. The van der Waals surface area contributed by atoms with Crippen molar-refractivity contribution in [2.24, 2.45) is 0 Å². The van der Waals surface area contributed by atoms with Crippen molar-refractivity contribution in [1.82, 2.24) is 28.7 Å². The van der Waals surface area contributed by atoms with Crippen molar-refractivity contribution in [3.8, 4) is 17.1 Å². The average Bonchev–Trinajstić information content (AvgIpc) is 3.41. The van der Waals surface area contributed by atoms with Gasteiger partial charge in [0.2, 0.25) is 10.0 Å². The number of piperazine rings is 1. The lowest BCUT2D eigenvalue weighted by molar-refractivity contribution is 0.196. The number of aromatic nitrogens is 4. The van der Waals surface area contributed by atoms with E-state index in [-0.39, 0.29) is 22.1 Å². The number of aromatic amines is 1. The van der Waals surface area contributed by atoms with Gasteiger partial charge in [-0.25, -0.2) is 22.8 Å². The highest BCUT2D eigenvalue weighted by Gasteiger charge is 2.29. The predicted octanol–water partition coefficient (Wildman–Crippen LogP) is 4.24. The number of imidazole rings is 1. The van der Waals surface area contributed by atoms with Crippen LogP contribution in [0, 0.1) is 5.82 Å². The second-order valence-corrected chi connectivity index (χ2v) is 12.6. The topological polar surface area (TPSA) is 113 Å². The quantitative estimate of drug-likeness (QED) is 0.268. The molecule has 43 heavy (non-hydrogen) atoms. The van der Waals surface area contributed by atoms with E-state index in [1.807, 2.05) is 11.5 Å². The molecule has 1 aliphatic heterocycles. The lowest BCUT2D eigenvalue weighted by Gasteiger charge is -2.33. The number of hydrogen-bond acceptors (Lipinski definition) is 7. The number of rotatable bonds is 9. The van der Waals surface area contributed by atoms with Gasteiger partial charge in [0, 0.05) is 32.7 Å². The molecule has 10 nitrogen and oxygen atoms in total. The monoisotopic (exact) mass is 604 g/mol. The minimum absolute atomic E-state index is 0.119. The Kier molecular flexibility index (Phi) is 7.99. The van der Waals surface area contributed by atoms with Crippen molar-refractivity contribution in [2.75, 3.05) is 39.3 Å². The zero-order chi connectivity index (χ0) is 30.1. The van der Waals surface area contributed by atoms with Crippen LogP contribution in [0.5, 0.6) is 5.75 Å². The van der Waals surface area contributed by atoms with Gasteiger partial charge in [0.1, 0.15) is 17.4 Å². The molecule has 3 aromatic carbocycles. The summed E-state index contributed by atoms with van der Waals surface area (Å²) < 4.78 is 49.9. The first-order valence-electron chi connectivity index (χ1n) is 14.4. The summed E-state index contributed by atoms with van der Waals surface area (Å²) in [4.78, 5) is 27.9. The highest BCUT2D eigenvalue weighted by molar-refractivity contribution is 7.89. The second kappa shape index (κ2) is 11.9. The minimum atomic E-state index is -3.77. The van der Waals surface area contributed by atoms with Gasteiger partial charge >= 0.3 is 0 Å². The number of hydrogen-bond donors (Lipinski definition) is 1. The first kappa shape index (κ1) is 29.0. The fourth-order valence-electron chi connectivity index (χ4n) is 5.36. The number of halogens is 1. The van der Waals surface area contributed by atoms with Crippen molar-refractivity contribution < 1.29 is 17.5 Å². The molecule has 6 rings (SSSR count). The zero-order valence-corrected chi connectivity index (χ0v) is 24.9. The summed E-state index contributed by atoms with van der Waals surface area (Å²) in [5.41, 5.74) is 2.71. The fourth-order valence-corrected chi connectivity index (χ4v) is 6.81. The molecule has 0 spiro atoms. The maximum absolute atomic E-state index is 13.6. The Morgan fingerprint density at radius 3 is 2.47 bits per heavy atom. The summed E-state index contributed by atoms with van der Waals surface area (Å²) in [5, 5.41) is 0.366. The summed E-state index contributed by atoms with van der Waals surface area (Å²) in [6.07, 6.45) is 2.43. The van der Waals surface area contributed by atoms with Crippen LogP contribution in [-0.2, 0) is 16.6 Å². The molecule has 1 aliphatic rings. The molecular weight excluding hydrogens is 571 g/mol. The molecule has 12 heteroatoms. The van der Waals surface area contributed by atoms with E-state index in [0.29, 0.717) is 67.1 Å². The van der Waals surface area contributed by atoms with Crippen molar-refractivity contribution >= 4 is 32.0 Å². The molecule has 5 aromatic rings. The maximum Gasteiger partial charge on any atom is 0.259 e. The molecule has 1 saturated heterocycles. The number of ether oxygens (including phenoxy) is 1. The molecule has 0 radical (unpaired) electrons. The van der Waals surface area contributed by atoms with E-state index in [0.717, 1.165) is 24.0 Å². The molecule has 0 atom stereocenters. The number of fused-ring (bicyclic) bond motifs is 2. The van der Waals surface area contributed by atoms with Crippen LogP contribution in [-0.4, -0.2) is 76.5 Å². The fraction of sp³-hybridized carbons (Fsp3) is 0.323. The number of sulfonamides is 1. The summed E-state index contributed by atoms with van der Waals surface area (Å²) >= 11 is 0. The van der Waals surface area contributed by atoms with E-state index in [9.17, 15) is 17.6 Å². The van der Waals surface area contributed by atoms with Gasteiger partial charge < -0.3 is 19.2 Å². The Bertz CT molecular complexity index is 1950. The largest absolute Gasteiger partial charge is 0.493 e. The standard InChI is InChI=1S/C31H33FN6O4S/c1-3-15-42-29-10-9-23(43(40,41)38-13-11-36(4-2)12-14-38)16-25(29)30-34-26-18-27-28(17-24(26)31(39)35-30)37(20-33-27)19-21-5-7-22(32)8-6-21/h5-10,16-18,20H,3-4,11-15,19H2,1-2H3,(H,34,35,39). The van der Waals surface area contributed by atoms with E-state index in [1.165, 1.54) is 22.5 Å². The van der Waals surface area contributed by atoms with Gasteiger partial charge in [0.25, 0.3) is 5.56 Å². The highest BCUT2D eigenvalue weighted by Crippen LogP contribution is 2.32. The van der Waals surface area contributed by atoms with Gasteiger partial charge in [-0.1, -0.05) is 26.0 Å². The van der Waals surface area contributed by atoms with Crippen LogP contribution in [0.4, 0.5) is 4.39 Å². The Hall–Kier alpha value is -4.13. The molecule has 0 unspecified atom stereocenters. The molecule has 0 amide bonds. The molecule has 0 saturated carbocycles. The number of nitrogens with one attached hydrogen (secondary N) is 1. The Balaban J connectivity index is 1.40. The van der Waals surface area contributed by atoms with E-state index < -0.39 is 10.0 Å². The van der Waals surface area contributed by atoms with Crippen molar-refractivity contribution in [2.45, 2.75) is 31.7 Å². The van der Waals surface area contributed by atoms with Crippen LogP contribution in [0.1, 0.15) is 25.8 Å². The van der Waals surface area contributed by atoms with Crippen molar-refractivity contribution in [3.63, 3.8) is 0 Å². The highest BCUT2D eigenvalue weighted by atomic mass is 32.2. The molecule has 1 fully saturated rings. The maximum atomic E-state index is 13.6. The van der Waals surface area contributed by atoms with Gasteiger partial charge in [-0.05, 0) is 61.0 Å². The van der Waals surface area contributed by atoms with Gasteiger partial charge in [-0.15, -0.1) is 0 Å².